The highest BCUT2D eigenvalue weighted by Gasteiger charge is 2.13. The van der Waals surface area contributed by atoms with Crippen molar-refractivity contribution in [2.45, 2.75) is 23.8 Å². The highest BCUT2D eigenvalue weighted by molar-refractivity contribution is 7.89. The van der Waals surface area contributed by atoms with Crippen LogP contribution in [0.5, 0.6) is 0 Å². The topological polar surface area (TPSA) is 84.2 Å². The average Bonchev–Trinajstić information content (AvgIpc) is 2.78. The zero-order valence-corrected chi connectivity index (χ0v) is 10.3. The summed E-state index contributed by atoms with van der Waals surface area (Å²) >= 11 is 0. The molecule has 0 spiro atoms. The number of hydrogen-bond donors (Lipinski definition) is 3. The molecule has 1 aromatic carbocycles. The fraction of sp³-hybridized carbons (Fsp3) is 0.455. The number of nitrogens with one attached hydrogen (secondary N) is 2. The summed E-state index contributed by atoms with van der Waals surface area (Å²) < 4.78 is 22.4. The van der Waals surface area contributed by atoms with E-state index in [1.54, 1.807) is 12.1 Å². The molecular formula is C11H17N3O2S. The molecule has 1 aliphatic heterocycles. The first-order valence-corrected chi connectivity index (χ1v) is 7.20. The van der Waals surface area contributed by atoms with E-state index < -0.39 is 10.0 Å². The Kier molecular flexibility index (Phi) is 3.66. The van der Waals surface area contributed by atoms with E-state index in [0.717, 1.165) is 25.2 Å². The smallest absolute Gasteiger partial charge is 0.238 e. The maximum atomic E-state index is 11.2. The van der Waals surface area contributed by atoms with E-state index in [0.29, 0.717) is 6.04 Å². The third kappa shape index (κ3) is 3.42. The Balaban J connectivity index is 2.01. The maximum Gasteiger partial charge on any atom is 0.238 e. The van der Waals surface area contributed by atoms with Crippen LogP contribution in [0, 0.1) is 0 Å². The molecule has 2 rings (SSSR count). The standard InChI is InChI=1S/C11H17N3O2S/c12-17(15,16)11-5-1-3-9(7-11)14-8-10-4-2-6-13-10/h1,3,5,7,10,13-14H,2,4,6,8H2,(H2,12,15,16). The minimum absolute atomic E-state index is 0.141. The Morgan fingerprint density at radius 3 is 2.94 bits per heavy atom. The third-order valence-electron chi connectivity index (χ3n) is 2.88. The number of benzene rings is 1. The minimum Gasteiger partial charge on any atom is -0.383 e. The van der Waals surface area contributed by atoms with Gasteiger partial charge in [-0.2, -0.15) is 0 Å². The van der Waals surface area contributed by atoms with Crippen molar-refractivity contribution in [3.8, 4) is 0 Å². The lowest BCUT2D eigenvalue weighted by molar-refractivity contribution is 0.598. The molecule has 1 aliphatic rings. The van der Waals surface area contributed by atoms with Crippen LogP contribution in [0.25, 0.3) is 0 Å². The third-order valence-corrected chi connectivity index (χ3v) is 3.79. The molecule has 1 aromatic rings. The van der Waals surface area contributed by atoms with Crippen molar-refractivity contribution in [1.29, 1.82) is 0 Å². The number of sulfonamides is 1. The summed E-state index contributed by atoms with van der Waals surface area (Å²) in [6.07, 6.45) is 2.35. The van der Waals surface area contributed by atoms with Gasteiger partial charge in [-0.05, 0) is 37.6 Å². The largest absolute Gasteiger partial charge is 0.383 e. The van der Waals surface area contributed by atoms with Crippen molar-refractivity contribution in [3.63, 3.8) is 0 Å². The highest BCUT2D eigenvalue weighted by atomic mass is 32.2. The van der Waals surface area contributed by atoms with Gasteiger partial charge in [-0.1, -0.05) is 6.07 Å². The van der Waals surface area contributed by atoms with Gasteiger partial charge in [0.2, 0.25) is 10.0 Å². The highest BCUT2D eigenvalue weighted by Crippen LogP contribution is 2.14. The molecule has 1 atom stereocenters. The summed E-state index contributed by atoms with van der Waals surface area (Å²) in [5, 5.41) is 11.7. The predicted octanol–water partition coefficient (Wildman–Crippen LogP) is 0.498. The van der Waals surface area contributed by atoms with E-state index in [2.05, 4.69) is 10.6 Å². The lowest BCUT2D eigenvalue weighted by atomic mass is 10.2. The molecule has 1 fully saturated rings. The first-order chi connectivity index (χ1) is 8.05. The number of anilines is 1. The van der Waals surface area contributed by atoms with Crippen molar-refractivity contribution in [3.05, 3.63) is 24.3 Å². The Hall–Kier alpha value is -1.11. The predicted molar refractivity (Wildman–Crippen MR) is 67.3 cm³/mol. The summed E-state index contributed by atoms with van der Waals surface area (Å²) in [6, 6.07) is 7.04. The van der Waals surface area contributed by atoms with Crippen molar-refractivity contribution in [2.75, 3.05) is 18.4 Å². The molecule has 1 saturated heterocycles. The number of rotatable bonds is 4. The van der Waals surface area contributed by atoms with E-state index in [9.17, 15) is 8.42 Å². The first-order valence-electron chi connectivity index (χ1n) is 5.66. The van der Waals surface area contributed by atoms with E-state index in [1.165, 1.54) is 12.5 Å². The molecular weight excluding hydrogens is 238 g/mol. The number of hydrogen-bond acceptors (Lipinski definition) is 4. The van der Waals surface area contributed by atoms with Crippen molar-refractivity contribution in [2.24, 2.45) is 5.14 Å². The van der Waals surface area contributed by atoms with Crippen LogP contribution in [0.15, 0.2) is 29.2 Å². The molecule has 0 aliphatic carbocycles. The van der Waals surface area contributed by atoms with E-state index in [-0.39, 0.29) is 4.90 Å². The molecule has 5 nitrogen and oxygen atoms in total. The van der Waals surface area contributed by atoms with Crippen LogP contribution in [-0.4, -0.2) is 27.5 Å². The van der Waals surface area contributed by atoms with E-state index in [1.807, 2.05) is 6.07 Å². The summed E-state index contributed by atoms with van der Waals surface area (Å²) in [7, 11) is -3.62. The van der Waals surface area contributed by atoms with Gasteiger partial charge < -0.3 is 10.6 Å². The fourth-order valence-electron chi connectivity index (χ4n) is 1.96. The van der Waals surface area contributed by atoms with Crippen LogP contribution < -0.4 is 15.8 Å². The second-order valence-electron chi connectivity index (χ2n) is 4.25. The minimum atomic E-state index is -3.62. The molecule has 6 heteroatoms. The first kappa shape index (κ1) is 12.3. The molecule has 94 valence electrons. The SMILES string of the molecule is NS(=O)(=O)c1cccc(NCC2CCCN2)c1. The molecule has 0 bridgehead atoms. The van der Waals surface area contributed by atoms with Gasteiger partial charge in [0.15, 0.2) is 0 Å². The van der Waals surface area contributed by atoms with Gasteiger partial charge in [0.05, 0.1) is 4.90 Å². The monoisotopic (exact) mass is 255 g/mol. The average molecular weight is 255 g/mol. The van der Waals surface area contributed by atoms with Crippen LogP contribution in [0.4, 0.5) is 5.69 Å². The molecule has 1 unspecified atom stereocenters. The molecule has 0 saturated carbocycles. The second kappa shape index (κ2) is 5.03. The molecule has 0 aromatic heterocycles. The van der Waals surface area contributed by atoms with Crippen LogP contribution in [0.3, 0.4) is 0 Å². The maximum absolute atomic E-state index is 11.2. The van der Waals surface area contributed by atoms with Crippen LogP contribution in [0.2, 0.25) is 0 Å². The van der Waals surface area contributed by atoms with Crippen molar-refractivity contribution >= 4 is 15.7 Å². The quantitative estimate of drug-likeness (QED) is 0.731. The molecule has 4 N–H and O–H groups in total. The summed E-state index contributed by atoms with van der Waals surface area (Å²) in [6.45, 7) is 1.86. The van der Waals surface area contributed by atoms with Gasteiger partial charge in [-0.15, -0.1) is 0 Å². The zero-order chi connectivity index (χ0) is 12.3. The van der Waals surface area contributed by atoms with Crippen LogP contribution in [0.1, 0.15) is 12.8 Å². The lowest BCUT2D eigenvalue weighted by Gasteiger charge is -2.13. The van der Waals surface area contributed by atoms with E-state index in [4.69, 9.17) is 5.14 Å². The summed E-state index contributed by atoms with van der Waals surface area (Å²) in [5.74, 6) is 0. The molecule has 17 heavy (non-hydrogen) atoms. The summed E-state index contributed by atoms with van der Waals surface area (Å²) in [4.78, 5) is 0.141. The lowest BCUT2D eigenvalue weighted by Crippen LogP contribution is -2.29. The Morgan fingerprint density at radius 1 is 1.47 bits per heavy atom. The Morgan fingerprint density at radius 2 is 2.29 bits per heavy atom. The van der Waals surface area contributed by atoms with Crippen molar-refractivity contribution < 1.29 is 8.42 Å². The van der Waals surface area contributed by atoms with Gasteiger partial charge >= 0.3 is 0 Å². The summed E-state index contributed by atoms with van der Waals surface area (Å²) in [5.41, 5.74) is 0.783. The molecule has 1 heterocycles. The zero-order valence-electron chi connectivity index (χ0n) is 9.52. The van der Waals surface area contributed by atoms with Crippen LogP contribution >= 0.6 is 0 Å². The van der Waals surface area contributed by atoms with Crippen molar-refractivity contribution in [1.82, 2.24) is 5.32 Å². The fourth-order valence-corrected chi connectivity index (χ4v) is 2.51. The van der Waals surface area contributed by atoms with Gasteiger partial charge in [0.1, 0.15) is 0 Å². The number of nitrogens with two attached hydrogens (primary N) is 1. The van der Waals surface area contributed by atoms with Crippen LogP contribution in [-0.2, 0) is 10.0 Å². The second-order valence-corrected chi connectivity index (χ2v) is 5.81. The Labute approximate surface area is 101 Å². The number of primary sulfonamides is 1. The molecule has 0 radical (unpaired) electrons. The normalized spacial score (nSPS) is 20.4. The van der Waals surface area contributed by atoms with E-state index >= 15 is 0 Å². The van der Waals surface area contributed by atoms with Gasteiger partial charge in [-0.25, -0.2) is 13.6 Å². The van der Waals surface area contributed by atoms with Gasteiger partial charge in [0, 0.05) is 18.3 Å². The van der Waals surface area contributed by atoms with Gasteiger partial charge in [-0.3, -0.25) is 0 Å². The Bertz CT molecular complexity index is 481. The molecule has 0 amide bonds. The van der Waals surface area contributed by atoms with Gasteiger partial charge in [0.25, 0.3) is 0 Å².